The lowest BCUT2D eigenvalue weighted by Gasteiger charge is -2.16. The van der Waals surface area contributed by atoms with Crippen molar-refractivity contribution in [3.05, 3.63) is 54.4 Å². The summed E-state index contributed by atoms with van der Waals surface area (Å²) >= 11 is 0. The lowest BCUT2D eigenvalue weighted by molar-refractivity contribution is -0.124. The predicted molar refractivity (Wildman–Crippen MR) is 100 cm³/mol. The second kappa shape index (κ2) is 7.51. The van der Waals surface area contributed by atoms with Crippen LogP contribution >= 0.6 is 0 Å². The van der Waals surface area contributed by atoms with Gasteiger partial charge >= 0.3 is 5.97 Å². The third kappa shape index (κ3) is 3.57. The molecule has 142 valence electrons. The van der Waals surface area contributed by atoms with Crippen LogP contribution < -0.4 is 14.8 Å². The van der Waals surface area contributed by atoms with Crippen molar-refractivity contribution >= 4 is 28.6 Å². The third-order valence-corrected chi connectivity index (χ3v) is 4.21. The highest BCUT2D eigenvalue weighted by molar-refractivity contribution is 5.97. The number of amides is 1. The first-order valence-corrected chi connectivity index (χ1v) is 8.77. The Balaban J connectivity index is 1.45. The number of hydrogen-bond acceptors (Lipinski definition) is 7. The Kier molecular flexibility index (Phi) is 4.76. The highest BCUT2D eigenvalue weighted by Gasteiger charge is 2.24. The summed E-state index contributed by atoms with van der Waals surface area (Å²) in [6.45, 7) is 1.90. The van der Waals surface area contributed by atoms with E-state index in [0.717, 1.165) is 0 Å². The summed E-state index contributed by atoms with van der Waals surface area (Å²) in [5.74, 6) is 0.0232. The van der Waals surface area contributed by atoms with Crippen LogP contribution in [0.1, 0.15) is 23.8 Å². The molecule has 1 amide bonds. The van der Waals surface area contributed by atoms with Crippen molar-refractivity contribution in [1.82, 2.24) is 9.97 Å². The van der Waals surface area contributed by atoms with Crippen LogP contribution in [0.3, 0.4) is 0 Å². The molecule has 0 aliphatic carbocycles. The van der Waals surface area contributed by atoms with Crippen molar-refractivity contribution in [1.29, 1.82) is 0 Å². The highest BCUT2D eigenvalue weighted by Crippen LogP contribution is 2.34. The minimum Gasteiger partial charge on any atom is -0.454 e. The molecule has 1 N–H and O–H groups in total. The zero-order chi connectivity index (χ0) is 19.5. The summed E-state index contributed by atoms with van der Waals surface area (Å²) in [6, 6.07) is 12.2. The van der Waals surface area contributed by atoms with Crippen molar-refractivity contribution in [2.45, 2.75) is 19.4 Å². The van der Waals surface area contributed by atoms with Crippen molar-refractivity contribution in [3.63, 3.8) is 0 Å². The topological polar surface area (TPSA) is 99.6 Å². The third-order valence-electron chi connectivity index (χ3n) is 4.21. The lowest BCUT2D eigenvalue weighted by atomic mass is 10.2. The zero-order valence-electron chi connectivity index (χ0n) is 15.0. The largest absolute Gasteiger partial charge is 0.454 e. The fourth-order valence-electron chi connectivity index (χ4n) is 2.76. The zero-order valence-corrected chi connectivity index (χ0v) is 15.0. The Morgan fingerprint density at radius 2 is 1.93 bits per heavy atom. The molecule has 0 saturated heterocycles. The van der Waals surface area contributed by atoms with Gasteiger partial charge < -0.3 is 19.5 Å². The van der Waals surface area contributed by atoms with E-state index < -0.39 is 18.0 Å². The van der Waals surface area contributed by atoms with Crippen molar-refractivity contribution in [2.24, 2.45) is 0 Å². The average molecular weight is 379 g/mol. The molecule has 8 heteroatoms. The predicted octanol–water partition coefficient (Wildman–Crippen LogP) is 2.93. The van der Waals surface area contributed by atoms with Gasteiger partial charge in [-0.15, -0.1) is 0 Å². The molecule has 3 aromatic rings. The Morgan fingerprint density at radius 3 is 2.75 bits per heavy atom. The number of nitrogens with one attached hydrogen (secondary N) is 1. The number of benzene rings is 2. The van der Waals surface area contributed by atoms with Gasteiger partial charge in [0.15, 0.2) is 23.3 Å². The molecule has 0 fully saturated rings. The first-order valence-electron chi connectivity index (χ1n) is 8.77. The molecule has 4 rings (SSSR count). The first kappa shape index (κ1) is 17.7. The fourth-order valence-corrected chi connectivity index (χ4v) is 2.76. The number of hydrogen-bond donors (Lipinski definition) is 1. The van der Waals surface area contributed by atoms with Gasteiger partial charge in [-0.1, -0.05) is 19.1 Å². The maximum absolute atomic E-state index is 12.5. The number of carbonyl (C=O) groups excluding carboxylic acids is 2. The molecule has 2 aromatic carbocycles. The quantitative estimate of drug-likeness (QED) is 0.680. The normalized spacial score (nSPS) is 13.2. The van der Waals surface area contributed by atoms with E-state index in [2.05, 4.69) is 15.3 Å². The van der Waals surface area contributed by atoms with E-state index in [0.29, 0.717) is 34.6 Å². The van der Waals surface area contributed by atoms with Gasteiger partial charge in [-0.3, -0.25) is 9.78 Å². The van der Waals surface area contributed by atoms with Crippen LogP contribution in [-0.2, 0) is 9.53 Å². The molecule has 28 heavy (non-hydrogen) atoms. The number of esters is 1. The van der Waals surface area contributed by atoms with Gasteiger partial charge in [-0.05, 0) is 30.7 Å². The molecule has 2 heterocycles. The maximum Gasteiger partial charge on any atom is 0.359 e. The van der Waals surface area contributed by atoms with E-state index in [9.17, 15) is 9.59 Å². The molecular formula is C20H17N3O5. The Labute approximate surface area is 160 Å². The molecule has 0 bridgehead atoms. The van der Waals surface area contributed by atoms with Crippen LogP contribution in [0.2, 0.25) is 0 Å². The van der Waals surface area contributed by atoms with Gasteiger partial charge in [0.1, 0.15) is 0 Å². The Bertz CT molecular complexity index is 1050. The highest BCUT2D eigenvalue weighted by atomic mass is 16.7. The van der Waals surface area contributed by atoms with Crippen LogP contribution in [0.25, 0.3) is 11.0 Å². The minimum atomic E-state index is -0.966. The number of aromatic nitrogens is 2. The molecule has 0 radical (unpaired) electrons. The average Bonchev–Trinajstić information content (AvgIpc) is 3.19. The van der Waals surface area contributed by atoms with Gasteiger partial charge in [-0.2, -0.15) is 0 Å². The Morgan fingerprint density at radius 1 is 1.14 bits per heavy atom. The summed E-state index contributed by atoms with van der Waals surface area (Å²) in [4.78, 5) is 33.4. The number of para-hydroxylation sites is 2. The second-order valence-corrected chi connectivity index (χ2v) is 6.10. The second-order valence-electron chi connectivity index (χ2n) is 6.10. The van der Waals surface area contributed by atoms with Crippen LogP contribution in [0.4, 0.5) is 5.69 Å². The smallest absolute Gasteiger partial charge is 0.359 e. The van der Waals surface area contributed by atoms with E-state index in [4.69, 9.17) is 14.2 Å². The standard InChI is InChI=1S/C20H17N3O5/c1-2-16(19(24)22-12-7-8-17-18(9-12)27-11-26-17)28-20(25)15-10-21-13-5-3-4-6-14(13)23-15/h3-10,16H,2,11H2,1H3,(H,22,24). The minimum absolute atomic E-state index is 0.0491. The molecule has 8 nitrogen and oxygen atoms in total. The molecule has 1 aromatic heterocycles. The van der Waals surface area contributed by atoms with Crippen LogP contribution in [0.5, 0.6) is 11.5 Å². The lowest BCUT2D eigenvalue weighted by Crippen LogP contribution is -2.32. The molecular weight excluding hydrogens is 362 g/mol. The van der Waals surface area contributed by atoms with Gasteiger partial charge in [0.2, 0.25) is 6.79 Å². The SMILES string of the molecule is CCC(OC(=O)c1cnc2ccccc2n1)C(=O)Nc1ccc2c(c1)OCO2. The molecule has 1 unspecified atom stereocenters. The number of rotatable bonds is 5. The maximum atomic E-state index is 12.5. The molecule has 0 spiro atoms. The first-order chi connectivity index (χ1) is 13.6. The number of fused-ring (bicyclic) bond motifs is 2. The van der Waals surface area contributed by atoms with Gasteiger partial charge in [-0.25, -0.2) is 9.78 Å². The van der Waals surface area contributed by atoms with Gasteiger partial charge in [0, 0.05) is 11.8 Å². The summed E-state index contributed by atoms with van der Waals surface area (Å²) < 4.78 is 15.9. The van der Waals surface area contributed by atoms with Crippen LogP contribution in [0.15, 0.2) is 48.7 Å². The number of nitrogens with zero attached hydrogens (tertiary/aromatic N) is 2. The van der Waals surface area contributed by atoms with Crippen LogP contribution in [0, 0.1) is 0 Å². The van der Waals surface area contributed by atoms with Crippen molar-refractivity contribution in [3.8, 4) is 11.5 Å². The van der Waals surface area contributed by atoms with Gasteiger partial charge in [0.25, 0.3) is 5.91 Å². The van der Waals surface area contributed by atoms with Gasteiger partial charge in [0.05, 0.1) is 17.2 Å². The number of ether oxygens (including phenoxy) is 3. The van der Waals surface area contributed by atoms with E-state index in [1.165, 1.54) is 6.20 Å². The summed E-state index contributed by atoms with van der Waals surface area (Å²) in [5, 5.41) is 2.72. The molecule has 0 saturated carbocycles. The number of carbonyl (C=O) groups is 2. The van der Waals surface area contributed by atoms with Crippen molar-refractivity contribution in [2.75, 3.05) is 12.1 Å². The molecule has 1 atom stereocenters. The summed E-state index contributed by atoms with van der Waals surface area (Å²) in [7, 11) is 0. The summed E-state index contributed by atoms with van der Waals surface area (Å²) in [6.07, 6.45) is 0.683. The monoisotopic (exact) mass is 379 g/mol. The fraction of sp³-hybridized carbons (Fsp3) is 0.200. The van der Waals surface area contributed by atoms with Crippen LogP contribution in [-0.4, -0.2) is 34.7 Å². The van der Waals surface area contributed by atoms with E-state index in [-0.39, 0.29) is 12.5 Å². The van der Waals surface area contributed by atoms with E-state index >= 15 is 0 Å². The van der Waals surface area contributed by atoms with Crippen molar-refractivity contribution < 1.29 is 23.8 Å². The number of anilines is 1. The van der Waals surface area contributed by atoms with E-state index in [1.807, 2.05) is 6.07 Å². The summed E-state index contributed by atoms with van der Waals surface area (Å²) in [5.41, 5.74) is 1.82. The Hall–Kier alpha value is -3.68. The molecule has 1 aliphatic rings. The molecule has 1 aliphatic heterocycles. The van der Waals surface area contributed by atoms with E-state index in [1.54, 1.807) is 43.3 Å².